The maximum Gasteiger partial charge on any atom is 0.307 e. The number of amides is 2. The lowest BCUT2D eigenvalue weighted by Gasteiger charge is -2.37. The maximum atomic E-state index is 15.9. The molecule has 11 heteroatoms. The predicted molar refractivity (Wildman–Crippen MR) is 164 cm³/mol. The number of carboxylic acids is 1. The normalized spacial score (nSPS) is 22.8. The minimum absolute atomic E-state index is 0.123. The lowest BCUT2D eigenvalue weighted by molar-refractivity contribution is -0.136. The van der Waals surface area contributed by atoms with E-state index in [9.17, 15) is 19.5 Å². The van der Waals surface area contributed by atoms with Gasteiger partial charge >= 0.3 is 5.97 Å². The number of carbonyl (C=O) groups is 3. The fourth-order valence-electron chi connectivity index (χ4n) is 6.49. The van der Waals surface area contributed by atoms with Crippen molar-refractivity contribution in [1.82, 2.24) is 5.32 Å². The Balaban J connectivity index is 1.67. The van der Waals surface area contributed by atoms with E-state index in [-0.39, 0.29) is 34.1 Å². The van der Waals surface area contributed by atoms with Crippen LogP contribution in [0.2, 0.25) is 10.0 Å². The molecule has 5 rings (SSSR count). The Bertz CT molecular complexity index is 1620. The summed E-state index contributed by atoms with van der Waals surface area (Å²) in [4.78, 5) is 39.7. The van der Waals surface area contributed by atoms with Crippen LogP contribution >= 0.6 is 23.2 Å². The maximum absolute atomic E-state index is 15.9. The molecule has 2 amide bonds. The Morgan fingerprint density at radius 3 is 2.53 bits per heavy atom. The van der Waals surface area contributed by atoms with Gasteiger partial charge in [-0.05, 0) is 58.9 Å². The van der Waals surface area contributed by atoms with E-state index >= 15 is 4.39 Å². The molecule has 0 radical (unpaired) electrons. The molecule has 1 fully saturated rings. The summed E-state index contributed by atoms with van der Waals surface area (Å²) < 4.78 is 21.4. The van der Waals surface area contributed by atoms with Gasteiger partial charge < -0.3 is 25.8 Å². The van der Waals surface area contributed by atoms with Crippen LogP contribution in [0.3, 0.4) is 0 Å². The molecule has 8 nitrogen and oxygen atoms in total. The van der Waals surface area contributed by atoms with Crippen LogP contribution in [0.1, 0.15) is 49.8 Å². The van der Waals surface area contributed by atoms with E-state index in [1.54, 1.807) is 42.5 Å². The van der Waals surface area contributed by atoms with Crippen LogP contribution in [-0.4, -0.2) is 42.1 Å². The van der Waals surface area contributed by atoms with Gasteiger partial charge in [0.25, 0.3) is 0 Å². The third kappa shape index (κ3) is 5.57. The summed E-state index contributed by atoms with van der Waals surface area (Å²) in [6.07, 6.45) is 0.249. The molecule has 1 saturated heterocycles. The average Bonchev–Trinajstić information content (AvgIpc) is 3.39. The van der Waals surface area contributed by atoms with Crippen molar-refractivity contribution in [2.45, 2.75) is 57.0 Å². The molecule has 1 spiro atoms. The van der Waals surface area contributed by atoms with Crippen molar-refractivity contribution < 1.29 is 28.6 Å². The molecule has 0 saturated carbocycles. The standard InChI is InChI=1S/C32H32Cl2FN3O5/c1-31(2,3)15-24-32(19-10-9-17(33)14-22(19)37-30(32)42)26(18-6-5-7-20(34)27(18)35)28(38-24)29(41)36-21-11-8-16(13-25(39)40)12-23(21)43-4/h5-12,14,24,26,28,38H,13,15H2,1-4H3,(H,36,41)(H,37,42)(H,39,40)/t24-,26-,28+,32+/m0/s1. The first-order valence-electron chi connectivity index (χ1n) is 13.8. The quantitative estimate of drug-likeness (QED) is 0.249. The molecule has 0 unspecified atom stereocenters. The number of nitrogens with one attached hydrogen (secondary N) is 3. The summed E-state index contributed by atoms with van der Waals surface area (Å²) >= 11 is 12.6. The highest BCUT2D eigenvalue weighted by Gasteiger charge is 2.66. The highest BCUT2D eigenvalue weighted by Crippen LogP contribution is 2.57. The summed E-state index contributed by atoms with van der Waals surface area (Å²) in [7, 11) is 1.41. The molecular weight excluding hydrogens is 596 g/mol. The van der Waals surface area contributed by atoms with Crippen LogP contribution in [0.5, 0.6) is 5.75 Å². The predicted octanol–water partition coefficient (Wildman–Crippen LogP) is 6.16. The molecule has 0 aliphatic carbocycles. The number of methoxy groups -OCH3 is 1. The lowest BCUT2D eigenvalue weighted by Crippen LogP contribution is -2.49. The first-order valence-corrected chi connectivity index (χ1v) is 14.5. The van der Waals surface area contributed by atoms with Gasteiger partial charge in [0.15, 0.2) is 0 Å². The molecule has 4 N–H and O–H groups in total. The van der Waals surface area contributed by atoms with Crippen LogP contribution in [0, 0.1) is 11.2 Å². The molecule has 2 heterocycles. The molecule has 226 valence electrons. The Hall–Kier alpha value is -3.66. The second-order valence-corrected chi connectivity index (χ2v) is 13.0. The molecule has 2 aliphatic heterocycles. The van der Waals surface area contributed by atoms with Gasteiger partial charge in [0.05, 0.1) is 30.3 Å². The molecule has 43 heavy (non-hydrogen) atoms. The molecule has 4 atom stereocenters. The minimum Gasteiger partial charge on any atom is -0.495 e. The van der Waals surface area contributed by atoms with Gasteiger partial charge in [-0.3, -0.25) is 14.4 Å². The topological polar surface area (TPSA) is 117 Å². The molecular formula is C32H32Cl2FN3O5. The number of rotatable bonds is 7. The van der Waals surface area contributed by atoms with E-state index in [1.165, 1.54) is 19.2 Å². The van der Waals surface area contributed by atoms with Crippen LogP contribution < -0.4 is 20.7 Å². The van der Waals surface area contributed by atoms with Crippen LogP contribution in [0.15, 0.2) is 54.6 Å². The second kappa shape index (κ2) is 11.4. The zero-order chi connectivity index (χ0) is 31.3. The number of benzene rings is 3. The van der Waals surface area contributed by atoms with Gasteiger partial charge in [0.2, 0.25) is 11.8 Å². The highest BCUT2D eigenvalue weighted by molar-refractivity contribution is 6.31. The van der Waals surface area contributed by atoms with Crippen molar-refractivity contribution in [3.63, 3.8) is 0 Å². The number of aliphatic carboxylic acids is 1. The molecule has 0 bridgehead atoms. The summed E-state index contributed by atoms with van der Waals surface area (Å²) in [5.74, 6) is -3.38. The zero-order valence-corrected chi connectivity index (χ0v) is 25.6. The highest BCUT2D eigenvalue weighted by atomic mass is 35.5. The summed E-state index contributed by atoms with van der Waals surface area (Å²) in [5.41, 5.74) is 0.342. The monoisotopic (exact) mass is 627 g/mol. The average molecular weight is 629 g/mol. The number of ether oxygens (including phenoxy) is 1. The smallest absolute Gasteiger partial charge is 0.307 e. The van der Waals surface area contributed by atoms with E-state index < -0.39 is 41.1 Å². The van der Waals surface area contributed by atoms with Gasteiger partial charge in [0, 0.05) is 22.7 Å². The molecule has 3 aromatic rings. The van der Waals surface area contributed by atoms with E-state index in [1.807, 2.05) is 20.8 Å². The Morgan fingerprint density at radius 1 is 1.12 bits per heavy atom. The lowest BCUT2D eigenvalue weighted by atomic mass is 9.62. The summed E-state index contributed by atoms with van der Waals surface area (Å²) in [6, 6.07) is 12.7. The Kier molecular flexibility index (Phi) is 8.19. The number of anilines is 2. The fraction of sp³-hybridized carbons (Fsp3) is 0.344. The number of hydrogen-bond donors (Lipinski definition) is 4. The van der Waals surface area contributed by atoms with Gasteiger partial charge in [-0.1, -0.05) is 68.2 Å². The van der Waals surface area contributed by atoms with Crippen LogP contribution in [-0.2, 0) is 26.2 Å². The summed E-state index contributed by atoms with van der Waals surface area (Å²) in [5, 5.41) is 18.7. The van der Waals surface area contributed by atoms with Crippen molar-refractivity contribution in [3.05, 3.63) is 87.2 Å². The van der Waals surface area contributed by atoms with Gasteiger partial charge in [-0.2, -0.15) is 0 Å². The van der Waals surface area contributed by atoms with E-state index in [0.717, 1.165) is 0 Å². The first-order chi connectivity index (χ1) is 20.3. The Morgan fingerprint density at radius 2 is 1.86 bits per heavy atom. The van der Waals surface area contributed by atoms with Gasteiger partial charge in [-0.15, -0.1) is 0 Å². The first kappa shape index (κ1) is 30.8. The third-order valence-electron chi connectivity index (χ3n) is 8.10. The van der Waals surface area contributed by atoms with Gasteiger partial charge in [0.1, 0.15) is 17.0 Å². The third-order valence-corrected chi connectivity index (χ3v) is 8.63. The van der Waals surface area contributed by atoms with E-state index in [0.29, 0.717) is 33.9 Å². The van der Waals surface area contributed by atoms with Crippen LogP contribution in [0.25, 0.3) is 0 Å². The molecule has 3 aromatic carbocycles. The number of fused-ring (bicyclic) bond motifs is 2. The van der Waals surface area contributed by atoms with E-state index in [2.05, 4.69) is 16.0 Å². The van der Waals surface area contributed by atoms with E-state index in [4.69, 9.17) is 27.9 Å². The Labute approximate surface area is 258 Å². The fourth-order valence-corrected chi connectivity index (χ4v) is 6.84. The second-order valence-electron chi connectivity index (χ2n) is 12.2. The number of halogens is 3. The van der Waals surface area contributed by atoms with Crippen molar-refractivity contribution in [3.8, 4) is 5.75 Å². The largest absolute Gasteiger partial charge is 0.495 e. The van der Waals surface area contributed by atoms with Crippen molar-refractivity contribution in [1.29, 1.82) is 0 Å². The van der Waals surface area contributed by atoms with Crippen LogP contribution in [0.4, 0.5) is 15.8 Å². The zero-order valence-electron chi connectivity index (χ0n) is 24.1. The van der Waals surface area contributed by atoms with Crippen molar-refractivity contribution in [2.75, 3.05) is 17.7 Å². The SMILES string of the molecule is COc1cc(CC(=O)O)ccc1NC(=O)[C@@H]1N[C@@H](CC(C)(C)C)[C@@]2(C(=O)Nc3cc(Cl)ccc32)[C@H]1c1cccc(Cl)c1F. The number of hydrogen-bond acceptors (Lipinski definition) is 5. The van der Waals surface area contributed by atoms with Crippen molar-refractivity contribution >= 4 is 52.4 Å². The molecule has 0 aromatic heterocycles. The minimum atomic E-state index is -1.39. The molecule has 2 aliphatic rings. The number of carboxylic acid groups (broad SMARTS) is 1. The summed E-state index contributed by atoms with van der Waals surface area (Å²) in [6.45, 7) is 6.10. The van der Waals surface area contributed by atoms with Gasteiger partial charge in [-0.25, -0.2) is 4.39 Å². The number of carbonyl (C=O) groups excluding carboxylic acids is 2. The van der Waals surface area contributed by atoms with Crippen molar-refractivity contribution in [2.24, 2.45) is 5.41 Å².